The quantitative estimate of drug-likeness (QED) is 0.689. The topological polar surface area (TPSA) is 78.4 Å². The first-order valence-corrected chi connectivity index (χ1v) is 6.69. The van der Waals surface area contributed by atoms with Crippen molar-refractivity contribution in [1.29, 1.82) is 0 Å². The van der Waals surface area contributed by atoms with Gasteiger partial charge in [-0.1, -0.05) is 20.3 Å². The smallest absolute Gasteiger partial charge is 0.326 e. The molecule has 0 radical (unpaired) electrons. The first-order chi connectivity index (χ1) is 8.40. The zero-order valence-corrected chi connectivity index (χ0v) is 11.5. The monoisotopic (exact) mass is 256 g/mol. The van der Waals surface area contributed by atoms with Crippen molar-refractivity contribution in [3.8, 4) is 0 Å². The summed E-state index contributed by atoms with van der Waals surface area (Å²) in [5.74, 6) is -1.23. The Hall–Kier alpha value is -1.10. The van der Waals surface area contributed by atoms with Crippen LogP contribution in [0.5, 0.6) is 0 Å². The molecule has 1 saturated heterocycles. The molecule has 0 aromatic heterocycles. The molecule has 0 aromatic carbocycles. The van der Waals surface area contributed by atoms with E-state index in [-0.39, 0.29) is 11.8 Å². The Labute approximate surface area is 108 Å². The molecule has 104 valence electrons. The van der Waals surface area contributed by atoms with Gasteiger partial charge in [0.15, 0.2) is 0 Å². The summed E-state index contributed by atoms with van der Waals surface area (Å²) >= 11 is 0. The molecule has 1 rings (SSSR count). The van der Waals surface area contributed by atoms with Crippen LogP contribution in [0.25, 0.3) is 0 Å². The molecule has 0 bridgehead atoms. The second kappa shape index (κ2) is 6.18. The van der Waals surface area contributed by atoms with Gasteiger partial charge in [0, 0.05) is 0 Å². The van der Waals surface area contributed by atoms with Gasteiger partial charge in [-0.3, -0.25) is 4.79 Å². The highest BCUT2D eigenvalue weighted by atomic mass is 16.4. The second-order valence-corrected chi connectivity index (χ2v) is 5.39. The number of carbonyl (C=O) groups is 2. The lowest BCUT2D eigenvalue weighted by molar-refractivity contribution is -0.144. The predicted molar refractivity (Wildman–Crippen MR) is 69.3 cm³/mol. The van der Waals surface area contributed by atoms with Crippen LogP contribution in [-0.2, 0) is 9.59 Å². The molecular weight excluding hydrogens is 232 g/mol. The van der Waals surface area contributed by atoms with E-state index in [0.717, 1.165) is 32.2 Å². The lowest BCUT2D eigenvalue weighted by atomic mass is 9.89. The zero-order chi connectivity index (χ0) is 13.8. The largest absolute Gasteiger partial charge is 0.480 e. The number of amides is 1. The molecule has 5 nitrogen and oxygen atoms in total. The van der Waals surface area contributed by atoms with Crippen LogP contribution in [0.3, 0.4) is 0 Å². The highest BCUT2D eigenvalue weighted by Crippen LogP contribution is 2.19. The summed E-state index contributed by atoms with van der Waals surface area (Å²) < 4.78 is 0. The Morgan fingerprint density at radius 2 is 2.11 bits per heavy atom. The summed E-state index contributed by atoms with van der Waals surface area (Å²) in [4.78, 5) is 23.4. The van der Waals surface area contributed by atoms with Gasteiger partial charge in [0.1, 0.15) is 6.04 Å². The first kappa shape index (κ1) is 15.0. The van der Waals surface area contributed by atoms with Gasteiger partial charge >= 0.3 is 5.97 Å². The van der Waals surface area contributed by atoms with E-state index in [1.54, 1.807) is 0 Å². The molecule has 3 atom stereocenters. The summed E-state index contributed by atoms with van der Waals surface area (Å²) in [5.41, 5.74) is -0.626. The molecule has 18 heavy (non-hydrogen) atoms. The predicted octanol–water partition coefficient (Wildman–Crippen LogP) is 1.13. The van der Waals surface area contributed by atoms with Gasteiger partial charge in [0.25, 0.3) is 0 Å². The van der Waals surface area contributed by atoms with Crippen molar-refractivity contribution in [3.63, 3.8) is 0 Å². The van der Waals surface area contributed by atoms with E-state index in [2.05, 4.69) is 10.6 Å². The van der Waals surface area contributed by atoms with Crippen LogP contribution in [0.4, 0.5) is 0 Å². The minimum absolute atomic E-state index is 0.0707. The normalized spacial score (nSPS) is 27.3. The Kier molecular flexibility index (Phi) is 5.14. The van der Waals surface area contributed by atoms with Crippen LogP contribution in [0.2, 0.25) is 0 Å². The van der Waals surface area contributed by atoms with Crippen LogP contribution in [0.15, 0.2) is 0 Å². The number of aliphatic carboxylic acids is 1. The molecule has 0 aliphatic carbocycles. The zero-order valence-electron chi connectivity index (χ0n) is 11.5. The van der Waals surface area contributed by atoms with Gasteiger partial charge in [0.2, 0.25) is 5.91 Å². The van der Waals surface area contributed by atoms with Crippen LogP contribution >= 0.6 is 0 Å². The number of rotatable bonds is 5. The molecule has 0 saturated carbocycles. The SMILES string of the molecule is CC[C@H](C)[C@H](NC(=O)C1(C)CCCCN1)C(=O)O. The summed E-state index contributed by atoms with van der Waals surface area (Å²) in [6.07, 6.45) is 3.54. The van der Waals surface area contributed by atoms with Crippen LogP contribution in [-0.4, -0.2) is 35.1 Å². The van der Waals surface area contributed by atoms with Crippen molar-refractivity contribution < 1.29 is 14.7 Å². The molecule has 1 amide bonds. The minimum atomic E-state index is -0.961. The van der Waals surface area contributed by atoms with Crippen LogP contribution in [0, 0.1) is 5.92 Å². The molecule has 5 heteroatoms. The highest BCUT2D eigenvalue weighted by molar-refractivity contribution is 5.90. The van der Waals surface area contributed by atoms with Gasteiger partial charge < -0.3 is 15.7 Å². The second-order valence-electron chi connectivity index (χ2n) is 5.39. The third kappa shape index (κ3) is 3.45. The number of carboxylic acids is 1. The van der Waals surface area contributed by atoms with Crippen molar-refractivity contribution in [2.45, 2.75) is 58.0 Å². The maximum absolute atomic E-state index is 12.2. The molecule has 1 heterocycles. The van der Waals surface area contributed by atoms with Crippen molar-refractivity contribution in [2.75, 3.05) is 6.54 Å². The van der Waals surface area contributed by atoms with Crippen LogP contribution < -0.4 is 10.6 Å². The van der Waals surface area contributed by atoms with E-state index in [9.17, 15) is 14.7 Å². The van der Waals surface area contributed by atoms with Gasteiger partial charge in [0.05, 0.1) is 5.54 Å². The average Bonchev–Trinajstić information content (AvgIpc) is 2.35. The molecule has 1 aliphatic rings. The van der Waals surface area contributed by atoms with Gasteiger partial charge in [-0.05, 0) is 38.6 Å². The van der Waals surface area contributed by atoms with Gasteiger partial charge in [-0.2, -0.15) is 0 Å². The standard InChI is InChI=1S/C13H24N2O3/c1-4-9(2)10(11(16)17)15-12(18)13(3)7-5-6-8-14-13/h9-10,14H,4-8H2,1-3H3,(H,15,18)(H,16,17)/t9-,10-,13?/m0/s1. The van der Waals surface area contributed by atoms with E-state index >= 15 is 0 Å². The van der Waals surface area contributed by atoms with E-state index in [0.29, 0.717) is 0 Å². The fourth-order valence-electron chi connectivity index (χ4n) is 2.23. The Morgan fingerprint density at radius 3 is 2.56 bits per heavy atom. The third-order valence-corrected chi connectivity index (χ3v) is 3.89. The lowest BCUT2D eigenvalue weighted by Gasteiger charge is -2.35. The maximum atomic E-state index is 12.2. The summed E-state index contributed by atoms with van der Waals surface area (Å²) in [7, 11) is 0. The number of hydrogen-bond donors (Lipinski definition) is 3. The Morgan fingerprint density at radius 1 is 1.44 bits per heavy atom. The summed E-state index contributed by atoms with van der Waals surface area (Å²) in [6, 6.07) is -0.803. The lowest BCUT2D eigenvalue weighted by Crippen LogP contribution is -2.60. The highest BCUT2D eigenvalue weighted by Gasteiger charge is 2.37. The third-order valence-electron chi connectivity index (χ3n) is 3.89. The molecule has 1 fully saturated rings. The Balaban J connectivity index is 2.68. The number of piperidine rings is 1. The number of nitrogens with one attached hydrogen (secondary N) is 2. The molecule has 0 aromatic rings. The average molecular weight is 256 g/mol. The fourth-order valence-corrected chi connectivity index (χ4v) is 2.23. The van der Waals surface area contributed by atoms with Crippen molar-refractivity contribution >= 4 is 11.9 Å². The fraction of sp³-hybridized carbons (Fsp3) is 0.846. The maximum Gasteiger partial charge on any atom is 0.326 e. The Bertz CT molecular complexity index is 311. The first-order valence-electron chi connectivity index (χ1n) is 6.69. The van der Waals surface area contributed by atoms with Crippen molar-refractivity contribution in [2.24, 2.45) is 5.92 Å². The van der Waals surface area contributed by atoms with E-state index < -0.39 is 17.6 Å². The minimum Gasteiger partial charge on any atom is -0.480 e. The molecular formula is C13H24N2O3. The van der Waals surface area contributed by atoms with E-state index in [1.807, 2.05) is 20.8 Å². The van der Waals surface area contributed by atoms with Crippen molar-refractivity contribution in [1.82, 2.24) is 10.6 Å². The molecule has 1 aliphatic heterocycles. The number of carbonyl (C=O) groups excluding carboxylic acids is 1. The number of hydrogen-bond acceptors (Lipinski definition) is 3. The molecule has 3 N–H and O–H groups in total. The van der Waals surface area contributed by atoms with Crippen LogP contribution in [0.1, 0.15) is 46.5 Å². The van der Waals surface area contributed by atoms with Gasteiger partial charge in [-0.15, -0.1) is 0 Å². The summed E-state index contributed by atoms with van der Waals surface area (Å²) in [5, 5.41) is 15.0. The summed E-state index contributed by atoms with van der Waals surface area (Å²) in [6.45, 7) is 6.42. The van der Waals surface area contributed by atoms with Crippen molar-refractivity contribution in [3.05, 3.63) is 0 Å². The number of carboxylic acid groups (broad SMARTS) is 1. The molecule has 0 spiro atoms. The van der Waals surface area contributed by atoms with E-state index in [1.165, 1.54) is 0 Å². The molecule has 1 unspecified atom stereocenters. The van der Waals surface area contributed by atoms with Gasteiger partial charge in [-0.25, -0.2) is 4.79 Å². The van der Waals surface area contributed by atoms with E-state index in [4.69, 9.17) is 0 Å².